The van der Waals surface area contributed by atoms with Gasteiger partial charge in [0, 0.05) is 13.2 Å². The van der Waals surface area contributed by atoms with Crippen LogP contribution in [0.4, 0.5) is 0 Å². The van der Waals surface area contributed by atoms with E-state index in [0.29, 0.717) is 0 Å². The molecule has 1 rings (SSSR count). The molecule has 1 aliphatic heterocycles. The normalized spacial score (nSPS) is 28.7. The molecule has 0 saturated carbocycles. The van der Waals surface area contributed by atoms with Crippen LogP contribution in [0.25, 0.3) is 0 Å². The molecule has 0 bridgehead atoms. The van der Waals surface area contributed by atoms with Crippen molar-refractivity contribution in [2.24, 2.45) is 0 Å². The van der Waals surface area contributed by atoms with Gasteiger partial charge in [0.1, 0.15) is 12.2 Å². The average Bonchev–Trinajstić information content (AvgIpc) is 2.58. The van der Waals surface area contributed by atoms with Gasteiger partial charge in [0.15, 0.2) is 29.0 Å². The summed E-state index contributed by atoms with van der Waals surface area (Å²) in [5, 5.41) is -0.0243. The molecule has 5 atom stereocenters. The van der Waals surface area contributed by atoms with Crippen molar-refractivity contribution >= 4 is 22.6 Å². The van der Waals surface area contributed by atoms with E-state index < -0.39 is 53.3 Å². The van der Waals surface area contributed by atoms with E-state index in [1.54, 1.807) is 20.1 Å². The van der Waals surface area contributed by atoms with Gasteiger partial charge in [-0.15, -0.1) is 0 Å². The Balaban J connectivity index is 3.48. The maximum absolute atomic E-state index is 12.4. The predicted molar refractivity (Wildman–Crippen MR) is 130 cm³/mol. The fraction of sp³-hybridized carbons (Fsp3) is 0.870. The van der Waals surface area contributed by atoms with Crippen LogP contribution < -0.4 is 0 Å². The van der Waals surface area contributed by atoms with Gasteiger partial charge in [-0.1, -0.05) is 47.6 Å². The lowest BCUT2D eigenvalue weighted by atomic mass is 9.99. The van der Waals surface area contributed by atoms with Crippen LogP contribution in [-0.4, -0.2) is 60.4 Å². The molecule has 1 aliphatic rings. The molecular formula is C23H46O6Si2. The third-order valence-electron chi connectivity index (χ3n) is 6.99. The molecule has 0 aromatic heterocycles. The van der Waals surface area contributed by atoms with Crippen molar-refractivity contribution < 1.29 is 27.9 Å². The van der Waals surface area contributed by atoms with Gasteiger partial charge in [0.05, 0.1) is 6.10 Å². The van der Waals surface area contributed by atoms with E-state index in [4.69, 9.17) is 23.1 Å². The van der Waals surface area contributed by atoms with Gasteiger partial charge < -0.3 is 23.1 Å². The van der Waals surface area contributed by atoms with Crippen LogP contribution >= 0.6 is 0 Å². The Bertz CT molecular complexity index is 633. The lowest BCUT2D eigenvalue weighted by Crippen LogP contribution is -2.65. The smallest absolute Gasteiger partial charge is 0.330 e. The maximum Gasteiger partial charge on any atom is 0.330 e. The minimum absolute atomic E-state index is 0.00694. The van der Waals surface area contributed by atoms with E-state index in [1.165, 1.54) is 6.08 Å². The minimum atomic E-state index is -2.22. The van der Waals surface area contributed by atoms with Crippen molar-refractivity contribution in [1.29, 1.82) is 0 Å². The average molecular weight is 475 g/mol. The molecular weight excluding hydrogens is 428 g/mol. The van der Waals surface area contributed by atoms with Gasteiger partial charge >= 0.3 is 5.97 Å². The lowest BCUT2D eigenvalue weighted by molar-refractivity contribution is -0.282. The van der Waals surface area contributed by atoms with Crippen LogP contribution in [0.15, 0.2) is 12.2 Å². The molecule has 1 saturated heterocycles. The highest BCUT2D eigenvalue weighted by molar-refractivity contribution is 6.74. The zero-order valence-corrected chi connectivity index (χ0v) is 24.0. The molecule has 0 aromatic carbocycles. The molecule has 3 unspecified atom stereocenters. The highest BCUT2D eigenvalue weighted by Crippen LogP contribution is 2.43. The second-order valence-electron chi connectivity index (χ2n) is 11.5. The van der Waals surface area contributed by atoms with Crippen LogP contribution in [-0.2, 0) is 27.9 Å². The van der Waals surface area contributed by atoms with E-state index in [1.807, 2.05) is 6.92 Å². The van der Waals surface area contributed by atoms with E-state index in [9.17, 15) is 4.79 Å². The van der Waals surface area contributed by atoms with Gasteiger partial charge in [0.2, 0.25) is 0 Å². The van der Waals surface area contributed by atoms with Gasteiger partial charge in [-0.2, -0.15) is 0 Å². The monoisotopic (exact) mass is 474 g/mol. The first kappa shape index (κ1) is 28.5. The third kappa shape index (κ3) is 6.98. The Morgan fingerprint density at radius 1 is 0.871 bits per heavy atom. The zero-order chi connectivity index (χ0) is 24.4. The van der Waals surface area contributed by atoms with E-state index in [0.717, 1.165) is 0 Å². The number of carbonyl (C=O) groups is 1. The first-order chi connectivity index (χ1) is 13.9. The molecule has 0 amide bonds. The van der Waals surface area contributed by atoms with Crippen LogP contribution in [0, 0.1) is 0 Å². The van der Waals surface area contributed by atoms with Crippen molar-refractivity contribution in [2.45, 2.75) is 122 Å². The van der Waals surface area contributed by atoms with Crippen molar-refractivity contribution in [3.05, 3.63) is 12.2 Å². The topological polar surface area (TPSA) is 63.2 Å². The largest absolute Gasteiger partial charge is 0.454 e. The van der Waals surface area contributed by atoms with Crippen LogP contribution in [0.3, 0.4) is 0 Å². The first-order valence-corrected chi connectivity index (χ1v) is 17.1. The van der Waals surface area contributed by atoms with Crippen molar-refractivity contribution in [1.82, 2.24) is 0 Å². The summed E-state index contributed by atoms with van der Waals surface area (Å²) in [6.07, 6.45) is 0.504. The number of hydrogen-bond donors (Lipinski definition) is 0. The summed E-state index contributed by atoms with van der Waals surface area (Å²) in [7, 11) is -2.80. The van der Waals surface area contributed by atoms with Gasteiger partial charge in [-0.3, -0.25) is 0 Å². The highest BCUT2D eigenvalue weighted by Gasteiger charge is 2.54. The first-order valence-electron chi connectivity index (χ1n) is 11.2. The van der Waals surface area contributed by atoms with Gasteiger partial charge in [-0.05, 0) is 50.1 Å². The molecule has 1 heterocycles. The third-order valence-corrected chi connectivity index (χ3v) is 15.9. The number of carbonyl (C=O) groups excluding carboxylic acids is 1. The zero-order valence-electron chi connectivity index (χ0n) is 22.0. The van der Waals surface area contributed by atoms with Gasteiger partial charge in [0.25, 0.3) is 0 Å². The summed E-state index contributed by atoms with van der Waals surface area (Å²) in [6.45, 7) is 25.6. The van der Waals surface area contributed by atoms with E-state index in [2.05, 4.69) is 67.7 Å². The second-order valence-corrected chi connectivity index (χ2v) is 21.0. The molecule has 0 radical (unpaired) electrons. The highest BCUT2D eigenvalue weighted by atomic mass is 28.4. The summed E-state index contributed by atoms with van der Waals surface area (Å²) in [5.74, 6) is -0.409. The maximum atomic E-state index is 12.4. The molecule has 0 aliphatic carbocycles. The Hall–Kier alpha value is -0.516. The molecule has 0 aromatic rings. The predicted octanol–water partition coefficient (Wildman–Crippen LogP) is 5.65. The number of allylic oxidation sites excluding steroid dienone is 1. The number of esters is 1. The van der Waals surface area contributed by atoms with Crippen LogP contribution in [0.2, 0.25) is 36.3 Å². The number of methoxy groups -OCH3 is 1. The van der Waals surface area contributed by atoms with Crippen LogP contribution in [0.5, 0.6) is 0 Å². The number of rotatable bonds is 7. The molecule has 0 N–H and O–H groups in total. The second kappa shape index (κ2) is 10.2. The fourth-order valence-electron chi connectivity index (χ4n) is 2.93. The summed E-state index contributed by atoms with van der Waals surface area (Å²) in [5.41, 5.74) is 0. The molecule has 31 heavy (non-hydrogen) atoms. The Kier molecular flexibility index (Phi) is 9.36. The quantitative estimate of drug-likeness (QED) is 0.270. The Labute approximate surface area is 192 Å². The SMILES string of the molecule is C/C=C/C(=O)O[C@@H]1C(C)O[C@H](OC)C(O[Si](C)(C)C(C)(C)C)C1O[Si](C)(C)C(C)(C)C. The van der Waals surface area contributed by atoms with E-state index >= 15 is 0 Å². The van der Waals surface area contributed by atoms with Gasteiger partial charge in [-0.25, -0.2) is 4.79 Å². The molecule has 6 nitrogen and oxygen atoms in total. The minimum Gasteiger partial charge on any atom is -0.454 e. The molecule has 8 heteroatoms. The Morgan fingerprint density at radius 3 is 1.71 bits per heavy atom. The Morgan fingerprint density at radius 2 is 1.32 bits per heavy atom. The number of ether oxygens (including phenoxy) is 3. The summed E-state index contributed by atoms with van der Waals surface area (Å²) >= 11 is 0. The van der Waals surface area contributed by atoms with Crippen LogP contribution in [0.1, 0.15) is 55.4 Å². The summed E-state index contributed by atoms with van der Waals surface area (Å²) < 4.78 is 31.4. The van der Waals surface area contributed by atoms with Crippen molar-refractivity contribution in [3.8, 4) is 0 Å². The molecule has 0 spiro atoms. The standard InChI is InChI=1S/C23H46O6Si2/c1-14-15-17(24)27-18-16(2)26-21(25-9)20(29-31(12,13)23(6,7)8)19(18)28-30(10,11)22(3,4)5/h14-16,18-21H,1-13H3/b15-14+/t16?,18-,19?,20?,21+/m1/s1. The summed E-state index contributed by atoms with van der Waals surface area (Å²) in [4.78, 5) is 12.4. The molecule has 1 fully saturated rings. The van der Waals surface area contributed by atoms with Crippen molar-refractivity contribution in [3.63, 3.8) is 0 Å². The van der Waals surface area contributed by atoms with Crippen molar-refractivity contribution in [2.75, 3.05) is 7.11 Å². The fourth-order valence-corrected chi connectivity index (χ4v) is 5.51. The number of hydrogen-bond acceptors (Lipinski definition) is 6. The lowest BCUT2D eigenvalue weighted by Gasteiger charge is -2.51. The molecule has 182 valence electrons. The summed E-state index contributed by atoms with van der Waals surface area (Å²) in [6, 6.07) is 0. The van der Waals surface area contributed by atoms with E-state index in [-0.39, 0.29) is 10.1 Å².